The van der Waals surface area contributed by atoms with Crippen LogP contribution in [0, 0.1) is 5.92 Å². The number of para-hydroxylation sites is 1. The molecular weight excluding hydrogens is 260 g/mol. The smallest absolute Gasteiger partial charge is 0.122 e. The van der Waals surface area contributed by atoms with Crippen LogP contribution < -0.4 is 4.74 Å². The second-order valence-corrected chi connectivity index (χ2v) is 5.43. The van der Waals surface area contributed by atoms with Crippen molar-refractivity contribution in [1.82, 2.24) is 0 Å². The third-order valence-electron chi connectivity index (χ3n) is 3.65. The van der Waals surface area contributed by atoms with Gasteiger partial charge in [-0.3, -0.25) is 0 Å². The predicted molar refractivity (Wildman–Crippen MR) is 92.2 cm³/mol. The topological polar surface area (TPSA) is 18.5 Å². The van der Waals surface area contributed by atoms with Crippen LogP contribution in [-0.4, -0.2) is 20.8 Å². The summed E-state index contributed by atoms with van der Waals surface area (Å²) >= 11 is 0. The fourth-order valence-electron chi connectivity index (χ4n) is 2.33. The molecule has 0 N–H and O–H groups in total. The Morgan fingerprint density at radius 3 is 2.19 bits per heavy atom. The lowest BCUT2D eigenvalue weighted by atomic mass is 9.91. The highest BCUT2D eigenvalue weighted by Crippen LogP contribution is 2.24. The summed E-state index contributed by atoms with van der Waals surface area (Å²) in [5, 5.41) is 0. The number of methoxy groups -OCH3 is 2. The maximum absolute atomic E-state index is 5.40. The molecule has 0 heterocycles. The second-order valence-electron chi connectivity index (χ2n) is 5.43. The van der Waals surface area contributed by atoms with E-state index in [1.807, 2.05) is 6.07 Å². The van der Waals surface area contributed by atoms with E-state index in [1.165, 1.54) is 31.2 Å². The van der Waals surface area contributed by atoms with Gasteiger partial charge in [-0.25, -0.2) is 0 Å². The minimum atomic E-state index is 0.802. The monoisotopic (exact) mass is 294 g/mol. The van der Waals surface area contributed by atoms with E-state index < -0.39 is 0 Å². The molecule has 21 heavy (non-hydrogen) atoms. The van der Waals surface area contributed by atoms with E-state index >= 15 is 0 Å². The fraction of sp³-hybridized carbons (Fsp3) is 0.684. The van der Waals surface area contributed by atoms with Gasteiger partial charge in [0, 0.05) is 13.7 Å². The zero-order valence-corrected chi connectivity index (χ0v) is 14.7. The van der Waals surface area contributed by atoms with Gasteiger partial charge in [0.2, 0.25) is 0 Å². The van der Waals surface area contributed by atoms with E-state index in [2.05, 4.69) is 39.0 Å². The first-order valence-electron chi connectivity index (χ1n) is 8.34. The molecule has 1 atom stereocenters. The molecule has 0 aliphatic heterocycles. The van der Waals surface area contributed by atoms with Crippen molar-refractivity contribution in [3.05, 3.63) is 29.8 Å². The number of rotatable bonds is 9. The lowest BCUT2D eigenvalue weighted by molar-refractivity contribution is 0.199. The molecule has 1 rings (SSSR count). The predicted octanol–water partition coefficient (Wildman–Crippen LogP) is 5.50. The van der Waals surface area contributed by atoms with Gasteiger partial charge >= 0.3 is 0 Å². The number of ether oxygens (including phenoxy) is 2. The van der Waals surface area contributed by atoms with Crippen molar-refractivity contribution in [2.24, 2.45) is 5.92 Å². The van der Waals surface area contributed by atoms with Gasteiger partial charge in [0.1, 0.15) is 5.75 Å². The van der Waals surface area contributed by atoms with Crippen LogP contribution in [0.2, 0.25) is 0 Å². The van der Waals surface area contributed by atoms with Crippen LogP contribution >= 0.6 is 0 Å². The average molecular weight is 294 g/mol. The lowest BCUT2D eigenvalue weighted by Gasteiger charge is -2.16. The summed E-state index contributed by atoms with van der Waals surface area (Å²) in [4.78, 5) is 0. The van der Waals surface area contributed by atoms with Gasteiger partial charge in [-0.15, -0.1) is 0 Å². The Morgan fingerprint density at radius 1 is 1.00 bits per heavy atom. The lowest BCUT2D eigenvalue weighted by Crippen LogP contribution is -2.04. The van der Waals surface area contributed by atoms with Gasteiger partial charge in [-0.2, -0.15) is 0 Å². The summed E-state index contributed by atoms with van der Waals surface area (Å²) in [5.41, 5.74) is 1.35. The number of hydrogen-bond donors (Lipinski definition) is 0. The third-order valence-corrected chi connectivity index (χ3v) is 3.65. The Labute approximate surface area is 131 Å². The molecule has 0 aliphatic rings. The number of unbranched alkanes of at least 4 members (excludes halogenated alkanes) is 1. The molecule has 0 saturated heterocycles. The standard InChI is InChI=1S/C15H24O.C4H10O/c1-4-6-9-13(5-2)12-14-10-7-8-11-15(14)16-3;1-3-4-5-2/h7-8,10-11,13H,4-6,9,12H2,1-3H3;3-4H2,1-2H3. The Balaban J connectivity index is 0.000000690. The highest BCUT2D eigenvalue weighted by atomic mass is 16.5. The molecule has 0 fully saturated rings. The van der Waals surface area contributed by atoms with Crippen LogP contribution in [0.4, 0.5) is 0 Å². The summed E-state index contributed by atoms with van der Waals surface area (Å²) in [7, 11) is 3.47. The Morgan fingerprint density at radius 2 is 1.71 bits per heavy atom. The highest BCUT2D eigenvalue weighted by Gasteiger charge is 2.10. The first-order valence-corrected chi connectivity index (χ1v) is 8.34. The average Bonchev–Trinajstić information content (AvgIpc) is 2.53. The highest BCUT2D eigenvalue weighted by molar-refractivity contribution is 5.33. The fourth-order valence-corrected chi connectivity index (χ4v) is 2.33. The largest absolute Gasteiger partial charge is 0.496 e. The number of benzene rings is 1. The van der Waals surface area contributed by atoms with Crippen molar-refractivity contribution < 1.29 is 9.47 Å². The Hall–Kier alpha value is -1.02. The molecule has 0 aromatic heterocycles. The van der Waals surface area contributed by atoms with Crippen LogP contribution in [0.15, 0.2) is 24.3 Å². The molecule has 122 valence electrons. The van der Waals surface area contributed by atoms with E-state index in [9.17, 15) is 0 Å². The molecule has 0 saturated carbocycles. The van der Waals surface area contributed by atoms with Gasteiger partial charge < -0.3 is 9.47 Å². The molecule has 1 aromatic rings. The molecule has 2 heteroatoms. The van der Waals surface area contributed by atoms with E-state index in [0.717, 1.165) is 31.1 Å². The van der Waals surface area contributed by atoms with Crippen molar-refractivity contribution in [1.29, 1.82) is 0 Å². The van der Waals surface area contributed by atoms with Gasteiger partial charge in [0.15, 0.2) is 0 Å². The van der Waals surface area contributed by atoms with Crippen molar-refractivity contribution in [3.63, 3.8) is 0 Å². The summed E-state index contributed by atoms with van der Waals surface area (Å²) in [6.07, 6.45) is 7.51. The Bertz CT molecular complexity index is 334. The quantitative estimate of drug-likeness (QED) is 0.599. The van der Waals surface area contributed by atoms with Gasteiger partial charge in [-0.1, -0.05) is 64.7 Å². The summed E-state index contributed by atoms with van der Waals surface area (Å²) < 4.78 is 10.1. The van der Waals surface area contributed by atoms with Crippen LogP contribution in [0.25, 0.3) is 0 Å². The molecule has 2 nitrogen and oxygen atoms in total. The number of hydrogen-bond acceptors (Lipinski definition) is 2. The van der Waals surface area contributed by atoms with Gasteiger partial charge in [-0.05, 0) is 30.4 Å². The van der Waals surface area contributed by atoms with E-state index in [1.54, 1.807) is 14.2 Å². The van der Waals surface area contributed by atoms with Crippen molar-refractivity contribution in [2.45, 2.75) is 59.3 Å². The second kappa shape index (κ2) is 13.9. The van der Waals surface area contributed by atoms with E-state index in [4.69, 9.17) is 9.47 Å². The van der Waals surface area contributed by atoms with Crippen LogP contribution in [0.1, 0.15) is 58.4 Å². The first kappa shape index (κ1) is 20.0. The zero-order chi connectivity index (χ0) is 15.9. The molecule has 0 radical (unpaired) electrons. The van der Waals surface area contributed by atoms with Crippen molar-refractivity contribution in [3.8, 4) is 5.75 Å². The molecule has 1 unspecified atom stereocenters. The summed E-state index contributed by atoms with van der Waals surface area (Å²) in [5.74, 6) is 1.84. The SMILES string of the molecule is CCCCC(CC)Cc1ccccc1OC.CCCOC. The molecule has 1 aromatic carbocycles. The third kappa shape index (κ3) is 9.52. The summed E-state index contributed by atoms with van der Waals surface area (Å²) in [6, 6.07) is 8.38. The Kier molecular flexibility index (Phi) is 13.3. The normalized spacial score (nSPS) is 11.5. The van der Waals surface area contributed by atoms with Gasteiger partial charge in [0.25, 0.3) is 0 Å². The van der Waals surface area contributed by atoms with Crippen molar-refractivity contribution >= 4 is 0 Å². The first-order chi connectivity index (χ1) is 10.2. The van der Waals surface area contributed by atoms with E-state index in [-0.39, 0.29) is 0 Å². The minimum absolute atomic E-state index is 0.802. The van der Waals surface area contributed by atoms with Crippen LogP contribution in [0.5, 0.6) is 5.75 Å². The molecular formula is C19H34O2. The molecule has 0 spiro atoms. The maximum atomic E-state index is 5.40. The van der Waals surface area contributed by atoms with Gasteiger partial charge in [0.05, 0.1) is 7.11 Å². The summed E-state index contributed by atoms with van der Waals surface area (Å²) in [6.45, 7) is 7.52. The maximum Gasteiger partial charge on any atom is 0.122 e. The van der Waals surface area contributed by atoms with Crippen LogP contribution in [0.3, 0.4) is 0 Å². The molecule has 0 aliphatic carbocycles. The van der Waals surface area contributed by atoms with E-state index in [0.29, 0.717) is 0 Å². The molecule has 0 amide bonds. The zero-order valence-electron chi connectivity index (χ0n) is 14.7. The van der Waals surface area contributed by atoms with Crippen molar-refractivity contribution in [2.75, 3.05) is 20.8 Å². The molecule has 0 bridgehead atoms. The minimum Gasteiger partial charge on any atom is -0.496 e. The van der Waals surface area contributed by atoms with Crippen LogP contribution in [-0.2, 0) is 11.2 Å².